The smallest absolute Gasteiger partial charge is 0.340 e. The van der Waals surface area contributed by atoms with E-state index in [4.69, 9.17) is 4.74 Å². The molecule has 0 saturated carbocycles. The summed E-state index contributed by atoms with van der Waals surface area (Å²) in [4.78, 5) is 52.7. The van der Waals surface area contributed by atoms with Gasteiger partial charge in [0.1, 0.15) is 11.6 Å². The summed E-state index contributed by atoms with van der Waals surface area (Å²) >= 11 is 0. The van der Waals surface area contributed by atoms with Crippen molar-refractivity contribution in [3.05, 3.63) is 69.5 Å². The summed E-state index contributed by atoms with van der Waals surface area (Å²) in [5.74, 6) is -1.99. The quantitative estimate of drug-likeness (QED) is 0.509. The first-order valence-corrected chi connectivity index (χ1v) is 11.7. The Balaban J connectivity index is 1.53. The van der Waals surface area contributed by atoms with Crippen LogP contribution in [0.25, 0.3) is 6.08 Å². The lowest BCUT2D eigenvalue weighted by Gasteiger charge is -2.36. The number of carbonyl (C=O) groups excluding carboxylic acids is 4. The van der Waals surface area contributed by atoms with Crippen LogP contribution in [-0.2, 0) is 27.3 Å². The standard InChI is InChI=1S/C27H25FN2O6/c1-35-19-6-5-15-13-30(24(32)20(15)12-19)14-27(7-3-4-23(31)29-26(27)34)18-8-16-10-21(25(33)36-2)22(28)11-17(16)9-18/h5-6,8,10-12H,3-4,7,9,13-14H2,1-2H3,(H,29,31,34). The molecule has 2 heterocycles. The lowest BCUT2D eigenvalue weighted by Crippen LogP contribution is -2.49. The van der Waals surface area contributed by atoms with Crippen molar-refractivity contribution in [2.75, 3.05) is 20.8 Å². The SMILES string of the molecule is COC(=O)c1cc2c(cc1F)CC(C1(CN3Cc4ccc(OC)cc4C3=O)CCCC(=O)NC1=O)=C2. The molecule has 1 fully saturated rings. The third-order valence-electron chi connectivity index (χ3n) is 7.31. The molecule has 0 aromatic heterocycles. The van der Waals surface area contributed by atoms with Crippen LogP contribution in [0.4, 0.5) is 4.39 Å². The Hall–Kier alpha value is -4.01. The predicted molar refractivity (Wildman–Crippen MR) is 127 cm³/mol. The van der Waals surface area contributed by atoms with Crippen LogP contribution in [0.2, 0.25) is 0 Å². The highest BCUT2D eigenvalue weighted by Crippen LogP contribution is 2.44. The third kappa shape index (κ3) is 3.84. The molecule has 2 aromatic rings. The Morgan fingerprint density at radius 1 is 1.14 bits per heavy atom. The maximum Gasteiger partial charge on any atom is 0.340 e. The molecule has 0 radical (unpaired) electrons. The minimum atomic E-state index is -1.19. The number of hydrogen-bond donors (Lipinski definition) is 1. The first-order valence-electron chi connectivity index (χ1n) is 11.7. The number of hydrogen-bond acceptors (Lipinski definition) is 6. The fraction of sp³-hybridized carbons (Fsp3) is 0.333. The first-order chi connectivity index (χ1) is 17.3. The van der Waals surface area contributed by atoms with E-state index in [0.29, 0.717) is 47.4 Å². The molecule has 0 spiro atoms. The molecule has 9 heteroatoms. The topological polar surface area (TPSA) is 102 Å². The monoisotopic (exact) mass is 492 g/mol. The van der Waals surface area contributed by atoms with Crippen LogP contribution in [-0.4, -0.2) is 49.4 Å². The van der Waals surface area contributed by atoms with E-state index in [9.17, 15) is 23.6 Å². The van der Waals surface area contributed by atoms with Gasteiger partial charge in [-0.25, -0.2) is 9.18 Å². The average Bonchev–Trinajstić information content (AvgIpc) is 3.37. The predicted octanol–water partition coefficient (Wildman–Crippen LogP) is 3.03. The molecule has 3 amide bonds. The fourth-order valence-corrected chi connectivity index (χ4v) is 5.39. The number of methoxy groups -OCH3 is 2. The maximum absolute atomic E-state index is 14.6. The normalized spacial score (nSPS) is 20.9. The maximum atomic E-state index is 14.6. The van der Waals surface area contributed by atoms with Gasteiger partial charge in [-0.15, -0.1) is 0 Å². The summed E-state index contributed by atoms with van der Waals surface area (Å²) in [6.45, 7) is 0.386. The Labute approximate surface area is 207 Å². The Morgan fingerprint density at radius 3 is 2.69 bits per heavy atom. The van der Waals surface area contributed by atoms with E-state index in [2.05, 4.69) is 10.1 Å². The molecule has 186 valence electrons. The highest BCUT2D eigenvalue weighted by Gasteiger charge is 2.48. The van der Waals surface area contributed by atoms with Gasteiger partial charge >= 0.3 is 5.97 Å². The van der Waals surface area contributed by atoms with Crippen LogP contribution >= 0.6 is 0 Å². The van der Waals surface area contributed by atoms with Crippen LogP contribution in [0.15, 0.2) is 35.9 Å². The second-order valence-corrected chi connectivity index (χ2v) is 9.37. The molecule has 3 aliphatic rings. The lowest BCUT2D eigenvalue weighted by molar-refractivity contribution is -0.134. The van der Waals surface area contributed by atoms with Crippen LogP contribution in [0, 0.1) is 11.2 Å². The molecule has 1 N–H and O–H groups in total. The van der Waals surface area contributed by atoms with Gasteiger partial charge in [0.15, 0.2) is 0 Å². The van der Waals surface area contributed by atoms with Crippen molar-refractivity contribution in [2.45, 2.75) is 32.2 Å². The molecular formula is C27H25FN2O6. The fourth-order valence-electron chi connectivity index (χ4n) is 5.39. The van der Waals surface area contributed by atoms with Crippen LogP contribution in [0.1, 0.15) is 56.7 Å². The molecular weight excluding hydrogens is 467 g/mol. The number of rotatable bonds is 5. The Bertz CT molecular complexity index is 1350. The average molecular weight is 493 g/mol. The number of halogens is 1. The Morgan fingerprint density at radius 2 is 1.94 bits per heavy atom. The molecule has 0 bridgehead atoms. The summed E-state index contributed by atoms with van der Waals surface area (Å²) in [5.41, 5.74) is 1.87. The van der Waals surface area contributed by atoms with E-state index >= 15 is 0 Å². The largest absolute Gasteiger partial charge is 0.497 e. The van der Waals surface area contributed by atoms with Gasteiger partial charge in [0.25, 0.3) is 5.91 Å². The first kappa shape index (κ1) is 23.7. The molecule has 1 saturated heterocycles. The van der Waals surface area contributed by atoms with E-state index < -0.39 is 23.1 Å². The summed E-state index contributed by atoms with van der Waals surface area (Å²) in [6.07, 6.45) is 3.03. The van der Waals surface area contributed by atoms with Gasteiger partial charge in [0, 0.05) is 25.1 Å². The van der Waals surface area contributed by atoms with Gasteiger partial charge in [-0.05, 0) is 65.8 Å². The van der Waals surface area contributed by atoms with Gasteiger partial charge in [-0.1, -0.05) is 12.1 Å². The zero-order chi connectivity index (χ0) is 25.6. The summed E-state index contributed by atoms with van der Waals surface area (Å²) in [7, 11) is 2.71. The molecule has 5 rings (SSSR count). The molecule has 1 unspecified atom stereocenters. The second kappa shape index (κ2) is 8.89. The molecule has 1 aliphatic carbocycles. The summed E-state index contributed by atoms with van der Waals surface area (Å²) in [5, 5.41) is 2.49. The van der Waals surface area contributed by atoms with Crippen LogP contribution in [0.3, 0.4) is 0 Å². The minimum absolute atomic E-state index is 0.0636. The zero-order valence-electron chi connectivity index (χ0n) is 20.0. The number of nitrogens with zero attached hydrogens (tertiary/aromatic N) is 1. The summed E-state index contributed by atoms with van der Waals surface area (Å²) < 4.78 is 24.6. The number of nitrogens with one attached hydrogen (secondary N) is 1. The molecule has 1 atom stereocenters. The van der Waals surface area contributed by atoms with Gasteiger partial charge in [-0.2, -0.15) is 0 Å². The number of fused-ring (bicyclic) bond motifs is 2. The number of ether oxygens (including phenoxy) is 2. The van der Waals surface area contributed by atoms with Crippen molar-refractivity contribution >= 4 is 29.8 Å². The highest BCUT2D eigenvalue weighted by atomic mass is 19.1. The van der Waals surface area contributed by atoms with E-state index in [1.165, 1.54) is 26.4 Å². The Kier molecular flexibility index (Phi) is 5.86. The number of benzene rings is 2. The van der Waals surface area contributed by atoms with Crippen molar-refractivity contribution in [1.82, 2.24) is 10.2 Å². The summed E-state index contributed by atoms with van der Waals surface area (Å²) in [6, 6.07) is 7.99. The zero-order valence-corrected chi connectivity index (χ0v) is 20.0. The van der Waals surface area contributed by atoms with E-state index in [0.717, 1.165) is 5.56 Å². The van der Waals surface area contributed by atoms with Gasteiger partial charge in [0.05, 0.1) is 25.2 Å². The van der Waals surface area contributed by atoms with Crippen LogP contribution in [0.5, 0.6) is 5.75 Å². The number of carbonyl (C=O) groups is 4. The van der Waals surface area contributed by atoms with E-state index in [-0.39, 0.29) is 36.8 Å². The van der Waals surface area contributed by atoms with Gasteiger partial charge in [-0.3, -0.25) is 19.7 Å². The van der Waals surface area contributed by atoms with Gasteiger partial charge < -0.3 is 14.4 Å². The minimum Gasteiger partial charge on any atom is -0.497 e. The second-order valence-electron chi connectivity index (χ2n) is 9.37. The van der Waals surface area contributed by atoms with Crippen molar-refractivity contribution < 1.29 is 33.0 Å². The van der Waals surface area contributed by atoms with Crippen molar-refractivity contribution in [1.29, 1.82) is 0 Å². The lowest BCUT2D eigenvalue weighted by atomic mass is 9.74. The number of imide groups is 1. The highest BCUT2D eigenvalue weighted by molar-refractivity contribution is 6.03. The van der Waals surface area contributed by atoms with E-state index in [1.807, 2.05) is 6.07 Å². The third-order valence-corrected chi connectivity index (χ3v) is 7.31. The van der Waals surface area contributed by atoms with Crippen LogP contribution < -0.4 is 10.1 Å². The van der Waals surface area contributed by atoms with Crippen molar-refractivity contribution in [3.8, 4) is 5.75 Å². The molecule has 2 aromatic carbocycles. The number of amides is 3. The van der Waals surface area contributed by atoms with Crippen molar-refractivity contribution in [3.63, 3.8) is 0 Å². The van der Waals surface area contributed by atoms with E-state index in [1.54, 1.807) is 23.1 Å². The van der Waals surface area contributed by atoms with Crippen molar-refractivity contribution in [2.24, 2.45) is 5.41 Å². The van der Waals surface area contributed by atoms with Gasteiger partial charge in [0.2, 0.25) is 11.8 Å². The molecule has 8 nitrogen and oxygen atoms in total. The molecule has 2 aliphatic heterocycles. The molecule has 36 heavy (non-hydrogen) atoms. The number of esters is 1.